The molecule has 0 saturated carbocycles. The second-order valence-electron chi connectivity index (χ2n) is 7.62. The van der Waals surface area contributed by atoms with E-state index in [1.807, 2.05) is 54.6 Å². The van der Waals surface area contributed by atoms with Crippen molar-refractivity contribution in [1.82, 2.24) is 10.2 Å². The van der Waals surface area contributed by atoms with Crippen LogP contribution in [0.15, 0.2) is 54.6 Å². The molecule has 2 aliphatic heterocycles. The van der Waals surface area contributed by atoms with Crippen LogP contribution in [0.25, 0.3) is 0 Å². The fourth-order valence-corrected chi connectivity index (χ4v) is 4.23. The summed E-state index contributed by atoms with van der Waals surface area (Å²) in [5, 5.41) is 5.82. The van der Waals surface area contributed by atoms with Crippen molar-refractivity contribution in [2.75, 3.05) is 18.4 Å². The van der Waals surface area contributed by atoms with Crippen molar-refractivity contribution in [1.29, 1.82) is 0 Å². The van der Waals surface area contributed by atoms with Crippen LogP contribution in [0.1, 0.15) is 36.3 Å². The maximum atomic E-state index is 12.7. The number of nitrogens with one attached hydrogen (secondary N) is 2. The van der Waals surface area contributed by atoms with E-state index in [2.05, 4.69) is 10.6 Å². The smallest absolute Gasteiger partial charge is 0.242 e. The van der Waals surface area contributed by atoms with Crippen molar-refractivity contribution >= 4 is 23.4 Å². The number of nitrogens with zero attached hydrogens (tertiary/aromatic N) is 1. The highest BCUT2D eigenvalue weighted by Crippen LogP contribution is 2.33. The number of amides is 3. The highest BCUT2D eigenvalue weighted by Gasteiger charge is 2.34. The SMILES string of the molecule is O=C1Nc2ccccc2C1CCNC(=O)C1CCCN1C(=O)Cc1ccccc1. The number of benzene rings is 2. The number of rotatable bonds is 6. The zero-order valence-electron chi connectivity index (χ0n) is 16.3. The Kier molecular flexibility index (Phi) is 5.60. The maximum absolute atomic E-state index is 12.7. The van der Waals surface area contributed by atoms with Gasteiger partial charge in [-0.3, -0.25) is 14.4 Å². The van der Waals surface area contributed by atoms with Gasteiger partial charge in [-0.05, 0) is 36.5 Å². The minimum Gasteiger partial charge on any atom is -0.354 e. The van der Waals surface area contributed by atoms with Gasteiger partial charge in [0.05, 0.1) is 12.3 Å². The van der Waals surface area contributed by atoms with E-state index in [0.29, 0.717) is 32.4 Å². The predicted molar refractivity (Wildman–Crippen MR) is 110 cm³/mol. The topological polar surface area (TPSA) is 78.5 Å². The highest BCUT2D eigenvalue weighted by atomic mass is 16.2. The molecule has 4 rings (SSSR count). The van der Waals surface area contributed by atoms with Crippen molar-refractivity contribution < 1.29 is 14.4 Å². The summed E-state index contributed by atoms with van der Waals surface area (Å²) in [5.41, 5.74) is 2.78. The molecule has 0 bridgehead atoms. The number of anilines is 1. The second kappa shape index (κ2) is 8.47. The summed E-state index contributed by atoms with van der Waals surface area (Å²) >= 11 is 0. The number of para-hydroxylation sites is 1. The summed E-state index contributed by atoms with van der Waals surface area (Å²) in [6, 6.07) is 16.8. The van der Waals surface area contributed by atoms with E-state index >= 15 is 0 Å². The van der Waals surface area contributed by atoms with Gasteiger partial charge in [0.15, 0.2) is 0 Å². The van der Waals surface area contributed by atoms with Crippen LogP contribution in [-0.2, 0) is 20.8 Å². The summed E-state index contributed by atoms with van der Waals surface area (Å²) in [6.45, 7) is 1.02. The molecule has 1 saturated heterocycles. The fraction of sp³-hybridized carbons (Fsp3) is 0.348. The summed E-state index contributed by atoms with van der Waals surface area (Å²) in [6.07, 6.45) is 2.36. The van der Waals surface area contributed by atoms with E-state index < -0.39 is 6.04 Å². The van der Waals surface area contributed by atoms with Crippen LogP contribution < -0.4 is 10.6 Å². The predicted octanol–water partition coefficient (Wildman–Crippen LogP) is 2.46. The Labute approximate surface area is 170 Å². The molecule has 6 heteroatoms. The van der Waals surface area contributed by atoms with Crippen LogP contribution in [-0.4, -0.2) is 41.8 Å². The first-order valence-electron chi connectivity index (χ1n) is 10.1. The first kappa shape index (κ1) is 19.2. The molecule has 1 fully saturated rings. The number of fused-ring (bicyclic) bond motifs is 1. The van der Waals surface area contributed by atoms with Crippen molar-refractivity contribution in [3.63, 3.8) is 0 Å². The minimum absolute atomic E-state index is 0.0158. The molecule has 2 aromatic carbocycles. The zero-order chi connectivity index (χ0) is 20.2. The molecule has 2 aliphatic rings. The molecule has 6 nitrogen and oxygen atoms in total. The molecule has 2 N–H and O–H groups in total. The molecule has 0 aromatic heterocycles. The first-order chi connectivity index (χ1) is 14.1. The van der Waals surface area contributed by atoms with E-state index in [0.717, 1.165) is 23.2 Å². The van der Waals surface area contributed by atoms with Crippen molar-refractivity contribution in [3.8, 4) is 0 Å². The number of likely N-dealkylation sites (tertiary alicyclic amines) is 1. The van der Waals surface area contributed by atoms with Crippen LogP contribution in [0, 0.1) is 0 Å². The molecule has 0 spiro atoms. The van der Waals surface area contributed by atoms with Crippen LogP contribution in [0.5, 0.6) is 0 Å². The molecule has 2 unspecified atom stereocenters. The summed E-state index contributed by atoms with van der Waals surface area (Å²) < 4.78 is 0. The Bertz CT molecular complexity index is 913. The Morgan fingerprint density at radius 1 is 1.07 bits per heavy atom. The van der Waals surface area contributed by atoms with Gasteiger partial charge in [-0.1, -0.05) is 48.5 Å². The summed E-state index contributed by atoms with van der Waals surface area (Å²) in [5.74, 6) is -0.416. The molecule has 2 atom stereocenters. The first-order valence-corrected chi connectivity index (χ1v) is 10.1. The summed E-state index contributed by atoms with van der Waals surface area (Å²) in [4.78, 5) is 39.3. The molecule has 2 heterocycles. The highest BCUT2D eigenvalue weighted by molar-refractivity contribution is 6.02. The van der Waals surface area contributed by atoms with Gasteiger partial charge in [0.25, 0.3) is 0 Å². The minimum atomic E-state index is -0.420. The van der Waals surface area contributed by atoms with Gasteiger partial charge in [0.2, 0.25) is 17.7 Å². The Morgan fingerprint density at radius 2 is 1.83 bits per heavy atom. The Morgan fingerprint density at radius 3 is 2.66 bits per heavy atom. The quantitative estimate of drug-likeness (QED) is 0.794. The zero-order valence-corrected chi connectivity index (χ0v) is 16.3. The standard InChI is InChI=1S/C23H25N3O3/c27-21(15-16-7-2-1-3-8-16)26-14-6-11-20(26)23(29)24-13-12-18-17-9-4-5-10-19(17)25-22(18)28/h1-5,7-10,18,20H,6,11-15H2,(H,24,29)(H,25,28). The van der Waals surface area contributed by atoms with E-state index in [4.69, 9.17) is 0 Å². The lowest BCUT2D eigenvalue weighted by molar-refractivity contribution is -0.137. The van der Waals surface area contributed by atoms with Crippen LogP contribution in [0.4, 0.5) is 5.69 Å². The average molecular weight is 391 g/mol. The van der Waals surface area contributed by atoms with E-state index in [9.17, 15) is 14.4 Å². The van der Waals surface area contributed by atoms with Gasteiger partial charge < -0.3 is 15.5 Å². The third-order valence-electron chi connectivity index (χ3n) is 5.72. The van der Waals surface area contributed by atoms with Crippen LogP contribution in [0.3, 0.4) is 0 Å². The molecular weight excluding hydrogens is 366 g/mol. The van der Waals surface area contributed by atoms with Crippen LogP contribution >= 0.6 is 0 Å². The largest absolute Gasteiger partial charge is 0.354 e. The van der Waals surface area contributed by atoms with Crippen molar-refractivity contribution in [2.45, 2.75) is 37.6 Å². The maximum Gasteiger partial charge on any atom is 0.242 e. The normalized spacial score (nSPS) is 20.3. The molecule has 3 amide bonds. The van der Waals surface area contributed by atoms with Gasteiger partial charge in [0, 0.05) is 18.8 Å². The molecular formula is C23H25N3O3. The molecule has 0 radical (unpaired) electrons. The number of carbonyl (C=O) groups is 3. The molecule has 150 valence electrons. The molecule has 2 aromatic rings. The van der Waals surface area contributed by atoms with E-state index in [1.54, 1.807) is 4.90 Å². The van der Waals surface area contributed by atoms with Gasteiger partial charge in [-0.25, -0.2) is 0 Å². The van der Waals surface area contributed by atoms with Crippen molar-refractivity contribution in [3.05, 3.63) is 65.7 Å². The van der Waals surface area contributed by atoms with Gasteiger partial charge in [0.1, 0.15) is 6.04 Å². The third kappa shape index (κ3) is 4.16. The van der Waals surface area contributed by atoms with Gasteiger partial charge in [-0.15, -0.1) is 0 Å². The second-order valence-corrected chi connectivity index (χ2v) is 7.62. The number of hydrogen-bond donors (Lipinski definition) is 2. The monoisotopic (exact) mass is 391 g/mol. The third-order valence-corrected chi connectivity index (χ3v) is 5.72. The van der Waals surface area contributed by atoms with Crippen LogP contribution in [0.2, 0.25) is 0 Å². The number of carbonyl (C=O) groups excluding carboxylic acids is 3. The summed E-state index contributed by atoms with van der Waals surface area (Å²) in [7, 11) is 0. The van der Waals surface area contributed by atoms with Crippen molar-refractivity contribution in [2.24, 2.45) is 0 Å². The Hall–Kier alpha value is -3.15. The lowest BCUT2D eigenvalue weighted by Crippen LogP contribution is -2.46. The Balaban J connectivity index is 1.31. The number of hydrogen-bond acceptors (Lipinski definition) is 3. The average Bonchev–Trinajstić information content (AvgIpc) is 3.34. The van der Waals surface area contributed by atoms with Gasteiger partial charge >= 0.3 is 0 Å². The lowest BCUT2D eigenvalue weighted by Gasteiger charge is -2.24. The van der Waals surface area contributed by atoms with E-state index in [1.165, 1.54) is 0 Å². The van der Waals surface area contributed by atoms with E-state index in [-0.39, 0.29) is 23.6 Å². The molecule has 29 heavy (non-hydrogen) atoms. The molecule has 0 aliphatic carbocycles. The van der Waals surface area contributed by atoms with Gasteiger partial charge in [-0.2, -0.15) is 0 Å². The fourth-order valence-electron chi connectivity index (χ4n) is 4.23. The lowest BCUT2D eigenvalue weighted by atomic mass is 9.97.